The summed E-state index contributed by atoms with van der Waals surface area (Å²) < 4.78 is 21.3. The Hall–Kier alpha value is -0.880. The molecule has 1 N–H and O–H groups in total. The van der Waals surface area contributed by atoms with Crippen molar-refractivity contribution in [2.45, 2.75) is 12.7 Å². The van der Waals surface area contributed by atoms with Gasteiger partial charge >= 0.3 is 0 Å². The highest BCUT2D eigenvalue weighted by Gasteiger charge is 2.09. The Morgan fingerprint density at radius 1 is 1.62 bits per heavy atom. The molecule has 0 saturated carbocycles. The lowest BCUT2D eigenvalue weighted by molar-refractivity contribution is 0.607. The molecule has 0 spiro atoms. The molecule has 0 saturated heterocycles. The molecule has 0 unspecified atom stereocenters. The lowest BCUT2D eigenvalue weighted by Crippen LogP contribution is -2.13. The average molecular weight is 223 g/mol. The third-order valence-electron chi connectivity index (χ3n) is 1.23. The zero-order valence-electron chi connectivity index (χ0n) is 6.74. The van der Waals surface area contributed by atoms with Gasteiger partial charge < -0.3 is 4.98 Å². The number of aryl methyl sites for hydroxylation is 1. The quantitative estimate of drug-likeness (QED) is 0.723. The predicted octanol–water partition coefficient (Wildman–Crippen LogP) is 0.147. The van der Waals surface area contributed by atoms with Gasteiger partial charge in [0.1, 0.15) is 11.6 Å². The van der Waals surface area contributed by atoms with Crippen LogP contribution in [0.3, 0.4) is 0 Å². The highest BCUT2D eigenvalue weighted by atomic mass is 35.7. The van der Waals surface area contributed by atoms with E-state index in [0.29, 0.717) is 5.69 Å². The monoisotopic (exact) mass is 222 g/mol. The zero-order chi connectivity index (χ0) is 10.1. The van der Waals surface area contributed by atoms with Crippen LogP contribution in [0, 0.1) is 6.92 Å². The molecule has 72 valence electrons. The van der Waals surface area contributed by atoms with E-state index in [2.05, 4.69) is 9.97 Å². The molecule has 1 aromatic rings. The maximum Gasteiger partial charge on any atom is 0.251 e. The summed E-state index contributed by atoms with van der Waals surface area (Å²) in [7, 11) is 1.31. The second-order valence-corrected chi connectivity index (χ2v) is 5.29. The van der Waals surface area contributed by atoms with Crippen LogP contribution in [0.4, 0.5) is 0 Å². The van der Waals surface area contributed by atoms with Gasteiger partial charge in [-0.2, -0.15) is 0 Å². The van der Waals surface area contributed by atoms with Crippen LogP contribution in [0.2, 0.25) is 0 Å². The first-order chi connectivity index (χ1) is 5.87. The molecule has 7 heteroatoms. The molecule has 0 aromatic carbocycles. The molecule has 13 heavy (non-hydrogen) atoms. The van der Waals surface area contributed by atoms with E-state index in [1.807, 2.05) is 0 Å². The highest BCUT2D eigenvalue weighted by molar-refractivity contribution is 8.13. The van der Waals surface area contributed by atoms with Gasteiger partial charge in [-0.1, -0.05) is 0 Å². The Bertz CT molecular complexity index is 465. The number of halogens is 1. The summed E-state index contributed by atoms with van der Waals surface area (Å²) in [6.45, 7) is 1.60. The van der Waals surface area contributed by atoms with Gasteiger partial charge in [0.15, 0.2) is 0 Å². The van der Waals surface area contributed by atoms with Gasteiger partial charge in [0.05, 0.1) is 0 Å². The number of nitrogens with zero attached hydrogens (tertiary/aromatic N) is 1. The Balaban J connectivity index is 3.10. The molecule has 0 aliphatic rings. The van der Waals surface area contributed by atoms with Gasteiger partial charge in [-0.25, -0.2) is 13.4 Å². The van der Waals surface area contributed by atoms with E-state index in [1.165, 1.54) is 6.07 Å². The summed E-state index contributed by atoms with van der Waals surface area (Å²) >= 11 is 0. The van der Waals surface area contributed by atoms with Crippen LogP contribution >= 0.6 is 10.7 Å². The normalized spacial score (nSPS) is 11.5. The first-order valence-electron chi connectivity index (χ1n) is 3.36. The summed E-state index contributed by atoms with van der Waals surface area (Å²) in [4.78, 5) is 16.9. The number of aromatic amines is 1. The molecule has 5 nitrogen and oxygen atoms in total. The van der Waals surface area contributed by atoms with Gasteiger partial charge in [0.25, 0.3) is 5.56 Å². The van der Waals surface area contributed by atoms with Gasteiger partial charge in [-0.05, 0) is 6.92 Å². The molecule has 0 amide bonds. The van der Waals surface area contributed by atoms with Crippen LogP contribution in [0.25, 0.3) is 0 Å². The van der Waals surface area contributed by atoms with Crippen molar-refractivity contribution < 1.29 is 8.42 Å². The Morgan fingerprint density at radius 3 is 2.69 bits per heavy atom. The largest absolute Gasteiger partial charge is 0.310 e. The first-order valence-corrected chi connectivity index (χ1v) is 5.84. The molecule has 0 bridgehead atoms. The standard InChI is InChI=1S/C6H7ClN2O3S/c1-4-2-6(10)9-5(8-4)3-13(7,11)12/h2H,3H2,1H3,(H,8,9,10). The third kappa shape index (κ3) is 3.56. The fourth-order valence-electron chi connectivity index (χ4n) is 0.873. The third-order valence-corrected chi connectivity index (χ3v) is 2.17. The lowest BCUT2D eigenvalue weighted by Gasteiger charge is -1.97. The van der Waals surface area contributed by atoms with E-state index >= 15 is 0 Å². The van der Waals surface area contributed by atoms with E-state index in [-0.39, 0.29) is 11.4 Å². The Labute approximate surface area is 79.2 Å². The Morgan fingerprint density at radius 2 is 2.23 bits per heavy atom. The lowest BCUT2D eigenvalue weighted by atomic mass is 10.4. The minimum atomic E-state index is -3.67. The number of hydrogen-bond donors (Lipinski definition) is 1. The van der Waals surface area contributed by atoms with Crippen molar-refractivity contribution >= 4 is 19.7 Å². The number of hydrogen-bond acceptors (Lipinski definition) is 4. The molecule has 1 heterocycles. The van der Waals surface area contributed by atoms with Crippen molar-refractivity contribution in [2.75, 3.05) is 0 Å². The summed E-state index contributed by atoms with van der Waals surface area (Å²) in [5, 5.41) is 0. The molecular weight excluding hydrogens is 216 g/mol. The topological polar surface area (TPSA) is 79.9 Å². The minimum absolute atomic E-state index is 0.0556. The summed E-state index contributed by atoms with van der Waals surface area (Å²) in [6.07, 6.45) is 0. The van der Waals surface area contributed by atoms with E-state index in [9.17, 15) is 13.2 Å². The zero-order valence-corrected chi connectivity index (χ0v) is 8.32. The van der Waals surface area contributed by atoms with Crippen molar-refractivity contribution in [2.24, 2.45) is 0 Å². The molecule has 1 aromatic heterocycles. The van der Waals surface area contributed by atoms with E-state index in [4.69, 9.17) is 10.7 Å². The molecular formula is C6H7ClN2O3S. The Kier molecular flexibility index (Phi) is 2.72. The van der Waals surface area contributed by atoms with Crippen LogP contribution in [0.1, 0.15) is 11.5 Å². The molecule has 0 atom stereocenters. The summed E-state index contributed by atoms with van der Waals surface area (Å²) in [5.74, 6) is -0.411. The van der Waals surface area contributed by atoms with Crippen LogP contribution in [0.15, 0.2) is 10.9 Å². The van der Waals surface area contributed by atoms with Gasteiger partial charge in [0, 0.05) is 22.4 Å². The molecule has 0 fully saturated rings. The summed E-state index contributed by atoms with van der Waals surface area (Å²) in [6, 6.07) is 1.27. The molecule has 1 rings (SSSR count). The smallest absolute Gasteiger partial charge is 0.251 e. The van der Waals surface area contributed by atoms with E-state index < -0.39 is 14.8 Å². The maximum atomic E-state index is 10.9. The molecule has 0 radical (unpaired) electrons. The first kappa shape index (κ1) is 10.2. The number of H-pyrrole nitrogens is 1. The van der Waals surface area contributed by atoms with Crippen molar-refractivity contribution in [3.63, 3.8) is 0 Å². The van der Waals surface area contributed by atoms with Crippen molar-refractivity contribution in [3.05, 3.63) is 27.9 Å². The van der Waals surface area contributed by atoms with Crippen molar-refractivity contribution in [1.29, 1.82) is 0 Å². The van der Waals surface area contributed by atoms with E-state index in [0.717, 1.165) is 0 Å². The van der Waals surface area contributed by atoms with E-state index in [1.54, 1.807) is 6.92 Å². The van der Waals surface area contributed by atoms with Crippen LogP contribution in [-0.4, -0.2) is 18.4 Å². The number of rotatable bonds is 2. The predicted molar refractivity (Wildman–Crippen MR) is 48.1 cm³/mol. The van der Waals surface area contributed by atoms with Crippen molar-refractivity contribution in [3.8, 4) is 0 Å². The highest BCUT2D eigenvalue weighted by Crippen LogP contribution is 2.03. The van der Waals surface area contributed by atoms with Gasteiger partial charge in [-0.15, -0.1) is 0 Å². The maximum absolute atomic E-state index is 10.9. The molecule has 0 aliphatic carbocycles. The number of aromatic nitrogens is 2. The van der Waals surface area contributed by atoms with Gasteiger partial charge in [0.2, 0.25) is 9.05 Å². The molecule has 0 aliphatic heterocycles. The SMILES string of the molecule is Cc1cc(=O)[nH]c(CS(=O)(=O)Cl)n1. The fraction of sp³-hybridized carbons (Fsp3) is 0.333. The fourth-order valence-corrected chi connectivity index (χ4v) is 1.65. The second-order valence-electron chi connectivity index (χ2n) is 2.52. The number of nitrogens with one attached hydrogen (secondary N) is 1. The van der Waals surface area contributed by atoms with Crippen LogP contribution in [-0.2, 0) is 14.8 Å². The minimum Gasteiger partial charge on any atom is -0.310 e. The second kappa shape index (κ2) is 3.47. The van der Waals surface area contributed by atoms with Crippen LogP contribution < -0.4 is 5.56 Å². The average Bonchev–Trinajstić information content (AvgIpc) is 1.78. The van der Waals surface area contributed by atoms with Gasteiger partial charge in [-0.3, -0.25) is 4.79 Å². The summed E-state index contributed by atoms with van der Waals surface area (Å²) in [5.41, 5.74) is 0.0712. The van der Waals surface area contributed by atoms with Crippen molar-refractivity contribution in [1.82, 2.24) is 9.97 Å². The van der Waals surface area contributed by atoms with Crippen LogP contribution in [0.5, 0.6) is 0 Å².